The summed E-state index contributed by atoms with van der Waals surface area (Å²) in [5.74, 6) is 0. The quantitative estimate of drug-likeness (QED) is 0.283. The van der Waals surface area contributed by atoms with Crippen LogP contribution in [0.1, 0.15) is 0 Å². The maximum absolute atomic E-state index is 7.31. The molecular weight excluding hydrogens is 91.0 g/mol. The third-order valence-electron chi connectivity index (χ3n) is 0. The van der Waals surface area contributed by atoms with Gasteiger partial charge in [-0.3, -0.25) is 0 Å². The second-order valence-corrected chi connectivity index (χ2v) is 1.04. The lowest BCUT2D eigenvalue weighted by Crippen LogP contribution is -2.07. The molecule has 32 valence electrons. The van der Waals surface area contributed by atoms with Gasteiger partial charge in [0.2, 0.25) is 0 Å². The molecule has 0 saturated carbocycles. The van der Waals surface area contributed by atoms with Crippen molar-refractivity contribution in [1.29, 1.82) is 0 Å². The van der Waals surface area contributed by atoms with Crippen LogP contribution in [-0.4, -0.2) is 33.1 Å². The highest BCUT2D eigenvalue weighted by Gasteiger charge is 2.08. The molecule has 0 aliphatic rings. The topological polar surface area (TPSA) is 92.2 Å². The van der Waals surface area contributed by atoms with E-state index in [0.29, 0.717) is 0 Å². The molecule has 5 heavy (non-hydrogen) atoms. The van der Waals surface area contributed by atoms with Gasteiger partial charge >= 0.3 is 15.1 Å². The lowest BCUT2D eigenvalue weighted by molar-refractivity contribution is 0.278. The molecule has 0 aromatic rings. The van der Waals surface area contributed by atoms with Crippen molar-refractivity contribution < 1.29 is 18.0 Å². The highest BCUT2D eigenvalue weighted by atomic mass is 27.2. The van der Waals surface area contributed by atoms with Crippen molar-refractivity contribution in [3.8, 4) is 0 Å². The largest absolute Gasteiger partial charge is 0.897 e. The van der Waals surface area contributed by atoms with E-state index >= 15 is 0 Å². The Morgan fingerprint density at radius 1 is 1.00 bits per heavy atom. The molecule has 0 aromatic carbocycles. The molecule has 0 atom stereocenters. The van der Waals surface area contributed by atoms with Crippen molar-refractivity contribution in [1.82, 2.24) is 0 Å². The molecule has 0 aliphatic heterocycles. The van der Waals surface area contributed by atoms with Crippen LogP contribution in [0.25, 0.3) is 0 Å². The predicted octanol–water partition coefficient (Wildman–Crippen LogP) is -2.88. The van der Waals surface area contributed by atoms with Crippen LogP contribution >= 0.6 is 0 Å². The smallest absolute Gasteiger partial charge is 0.469 e. The van der Waals surface area contributed by atoms with Gasteiger partial charge in [-0.25, -0.2) is 0 Å². The van der Waals surface area contributed by atoms with Crippen LogP contribution in [0.3, 0.4) is 0 Å². The van der Waals surface area contributed by atoms with Crippen LogP contribution in [0.2, 0.25) is 0 Å². The van der Waals surface area contributed by atoms with Gasteiger partial charge in [-0.05, 0) is 0 Å². The summed E-state index contributed by atoms with van der Waals surface area (Å²) in [5.41, 5.74) is 0. The number of rotatable bonds is 0. The summed E-state index contributed by atoms with van der Waals surface area (Å²) in [6.07, 6.45) is 0. The molecule has 0 spiro atoms. The summed E-state index contributed by atoms with van der Waals surface area (Å²) >= 11 is -3.14. The summed E-state index contributed by atoms with van der Waals surface area (Å²) in [4.78, 5) is 0. The van der Waals surface area contributed by atoms with E-state index in [-0.39, 0.29) is 5.48 Å². The molecule has 5 N–H and O–H groups in total. The Labute approximate surface area is 34.0 Å². The maximum atomic E-state index is 7.31. The van der Waals surface area contributed by atoms with Gasteiger partial charge < -0.3 is 18.0 Å². The van der Waals surface area contributed by atoms with Crippen molar-refractivity contribution in [2.75, 3.05) is 0 Å². The molecular formula is H5AlO4. The van der Waals surface area contributed by atoms with Gasteiger partial charge in [0.25, 0.3) is 0 Å². The van der Waals surface area contributed by atoms with Crippen molar-refractivity contribution in [2.24, 2.45) is 0 Å². The Hall–Kier alpha value is 0.372. The highest BCUT2D eigenvalue weighted by Crippen LogP contribution is 1.40. The number of hydrogen-bond donors (Lipinski definition) is 3. The summed E-state index contributed by atoms with van der Waals surface area (Å²) < 4.78 is 21.9. The third kappa shape index (κ3) is 177. The first-order chi connectivity index (χ1) is 1.73. The Morgan fingerprint density at radius 2 is 1.00 bits per heavy atom. The molecule has 0 amide bonds. The fraction of sp³-hybridized carbons (Fsp3) is 0. The molecule has 0 radical (unpaired) electrons. The van der Waals surface area contributed by atoms with Crippen LogP contribution in [0, 0.1) is 0 Å². The molecule has 0 unspecified atom stereocenters. The SMILES string of the molecule is O.[OH][Al]([OH])[OH]. The van der Waals surface area contributed by atoms with E-state index in [9.17, 15) is 0 Å². The minimum Gasteiger partial charge on any atom is -0.469 e. The zero-order valence-electron chi connectivity index (χ0n) is 2.42. The van der Waals surface area contributed by atoms with E-state index < -0.39 is 15.1 Å². The molecule has 0 heterocycles. The predicted molar refractivity (Wildman–Crippen MR) is 16.0 cm³/mol. The Kier molecular flexibility index (Phi) is 7.90. The van der Waals surface area contributed by atoms with Crippen LogP contribution in [0.4, 0.5) is 0 Å². The van der Waals surface area contributed by atoms with Gasteiger partial charge in [-0.2, -0.15) is 0 Å². The van der Waals surface area contributed by atoms with E-state index in [0.717, 1.165) is 0 Å². The van der Waals surface area contributed by atoms with E-state index in [1.807, 2.05) is 0 Å². The first-order valence-corrected chi connectivity index (χ1v) is 2.32. The first kappa shape index (κ1) is 9.03. The average molecular weight is 96.0 g/mol. The highest BCUT2D eigenvalue weighted by molar-refractivity contribution is 6.30. The van der Waals surface area contributed by atoms with Crippen LogP contribution < -0.4 is 0 Å². The van der Waals surface area contributed by atoms with Crippen molar-refractivity contribution in [2.45, 2.75) is 0 Å². The van der Waals surface area contributed by atoms with E-state index in [2.05, 4.69) is 0 Å². The Balaban J connectivity index is 0. The monoisotopic (exact) mass is 96.0 g/mol. The summed E-state index contributed by atoms with van der Waals surface area (Å²) in [5, 5.41) is 0. The van der Waals surface area contributed by atoms with Gasteiger partial charge in [0.05, 0.1) is 0 Å². The van der Waals surface area contributed by atoms with Crippen molar-refractivity contribution in [3.63, 3.8) is 0 Å². The molecule has 0 fully saturated rings. The zero-order chi connectivity index (χ0) is 3.58. The fourth-order valence-electron chi connectivity index (χ4n) is 0. The lowest BCUT2D eigenvalue weighted by atomic mass is 15.7. The maximum Gasteiger partial charge on any atom is 0.897 e. The van der Waals surface area contributed by atoms with Crippen LogP contribution in [0.15, 0.2) is 0 Å². The van der Waals surface area contributed by atoms with Gasteiger partial charge in [-0.1, -0.05) is 0 Å². The molecule has 0 bridgehead atoms. The third-order valence-corrected chi connectivity index (χ3v) is 0. The van der Waals surface area contributed by atoms with E-state index in [1.54, 1.807) is 0 Å². The molecule has 0 saturated heterocycles. The zero-order valence-corrected chi connectivity index (χ0v) is 3.57. The minimum atomic E-state index is -3.14. The molecule has 0 aliphatic carbocycles. The normalized spacial score (nSPS) is 5.40. The average Bonchev–Trinajstić information content (AvgIpc) is 0.811. The van der Waals surface area contributed by atoms with Crippen molar-refractivity contribution in [3.05, 3.63) is 0 Å². The fourth-order valence-corrected chi connectivity index (χ4v) is 0. The molecule has 4 nitrogen and oxygen atoms in total. The Morgan fingerprint density at radius 3 is 1.00 bits per heavy atom. The first-order valence-electron chi connectivity index (χ1n) is 0.775. The van der Waals surface area contributed by atoms with Crippen LogP contribution in [0.5, 0.6) is 0 Å². The van der Waals surface area contributed by atoms with Gasteiger partial charge in [-0.15, -0.1) is 0 Å². The second-order valence-electron chi connectivity index (χ2n) is 0.346. The lowest BCUT2D eigenvalue weighted by Gasteiger charge is -1.65. The standard InChI is InChI=1S/Al.4H2O/h;4*1H2/q+3;;;;/p-3. The number of hydrogen-bond acceptors (Lipinski definition) is 3. The molecule has 0 aromatic heterocycles. The Bertz CT molecular complexity index is 8.36. The van der Waals surface area contributed by atoms with Gasteiger partial charge in [0.1, 0.15) is 0 Å². The second kappa shape index (κ2) is 4.37. The molecule has 0 rings (SSSR count). The van der Waals surface area contributed by atoms with Gasteiger partial charge in [0, 0.05) is 0 Å². The summed E-state index contributed by atoms with van der Waals surface area (Å²) in [6.45, 7) is 0. The van der Waals surface area contributed by atoms with Crippen LogP contribution in [-0.2, 0) is 0 Å². The van der Waals surface area contributed by atoms with E-state index in [1.165, 1.54) is 0 Å². The minimum absolute atomic E-state index is 0. The van der Waals surface area contributed by atoms with E-state index in [4.69, 9.17) is 12.5 Å². The van der Waals surface area contributed by atoms with Crippen molar-refractivity contribution >= 4 is 15.1 Å². The summed E-state index contributed by atoms with van der Waals surface area (Å²) in [6, 6.07) is 0. The summed E-state index contributed by atoms with van der Waals surface area (Å²) in [7, 11) is 0. The van der Waals surface area contributed by atoms with Gasteiger partial charge in [0.15, 0.2) is 0 Å². The molecule has 5 heteroatoms.